The van der Waals surface area contributed by atoms with Crippen molar-refractivity contribution < 1.29 is 22.4 Å². The van der Waals surface area contributed by atoms with Crippen LogP contribution in [0.5, 0.6) is 0 Å². The lowest BCUT2D eigenvalue weighted by Gasteiger charge is -2.14. The van der Waals surface area contributed by atoms with E-state index in [1.54, 1.807) is 18.2 Å². The summed E-state index contributed by atoms with van der Waals surface area (Å²) in [6.45, 7) is 2.14. The van der Waals surface area contributed by atoms with E-state index in [1.165, 1.54) is 17.8 Å². The number of halogens is 4. The van der Waals surface area contributed by atoms with Crippen molar-refractivity contribution >= 4 is 16.8 Å². The standard InChI is InChI=1S/C19H17FN2O.C2H3F3/c1-13(10-14-6-3-2-4-7-14)22-19(23)16-11-15-8-5-9-17(20)18(15)21-12-16;1-2(3,4)5/h2-9,11-13H,10H2,1H3,(H,22,23);1H3. The van der Waals surface area contributed by atoms with Crippen molar-refractivity contribution in [3.8, 4) is 0 Å². The van der Waals surface area contributed by atoms with Gasteiger partial charge in [0.2, 0.25) is 0 Å². The second-order valence-corrected chi connectivity index (χ2v) is 6.38. The Hall–Kier alpha value is -2.96. The maximum absolute atomic E-state index is 13.6. The van der Waals surface area contributed by atoms with E-state index < -0.39 is 6.18 Å². The minimum absolute atomic E-state index is 0.00638. The van der Waals surface area contributed by atoms with Gasteiger partial charge in [0.15, 0.2) is 0 Å². The van der Waals surface area contributed by atoms with E-state index >= 15 is 0 Å². The summed E-state index contributed by atoms with van der Waals surface area (Å²) >= 11 is 0. The van der Waals surface area contributed by atoms with E-state index in [4.69, 9.17) is 0 Å². The number of pyridine rings is 1. The molecule has 1 atom stereocenters. The van der Waals surface area contributed by atoms with Crippen molar-refractivity contribution in [3.63, 3.8) is 0 Å². The maximum Gasteiger partial charge on any atom is 0.386 e. The molecule has 148 valence electrons. The number of para-hydroxylation sites is 1. The summed E-state index contributed by atoms with van der Waals surface area (Å²) in [6.07, 6.45) is -1.84. The highest BCUT2D eigenvalue weighted by molar-refractivity contribution is 5.97. The third-order valence-electron chi connectivity index (χ3n) is 3.69. The molecule has 1 aromatic heterocycles. The number of carbonyl (C=O) groups is 1. The molecule has 1 unspecified atom stereocenters. The molecule has 28 heavy (non-hydrogen) atoms. The number of hydrogen-bond acceptors (Lipinski definition) is 2. The highest BCUT2D eigenvalue weighted by Gasteiger charge is 2.15. The summed E-state index contributed by atoms with van der Waals surface area (Å²) in [6, 6.07) is 16.4. The summed E-state index contributed by atoms with van der Waals surface area (Å²) in [5.74, 6) is -0.584. The zero-order valence-electron chi connectivity index (χ0n) is 15.4. The Kier molecular flexibility index (Phi) is 7.09. The maximum atomic E-state index is 13.6. The molecule has 3 rings (SSSR count). The van der Waals surface area contributed by atoms with Gasteiger partial charge < -0.3 is 5.32 Å². The zero-order chi connectivity index (χ0) is 20.7. The van der Waals surface area contributed by atoms with Crippen LogP contribution in [0, 0.1) is 5.82 Å². The van der Waals surface area contributed by atoms with Gasteiger partial charge in [0, 0.05) is 24.5 Å². The highest BCUT2D eigenvalue weighted by atomic mass is 19.4. The number of nitrogens with zero attached hydrogens (tertiary/aromatic N) is 1. The average Bonchev–Trinajstić information content (AvgIpc) is 2.61. The van der Waals surface area contributed by atoms with Gasteiger partial charge in [0.1, 0.15) is 11.3 Å². The summed E-state index contributed by atoms with van der Waals surface area (Å²) < 4.78 is 44.7. The molecule has 1 N–H and O–H groups in total. The van der Waals surface area contributed by atoms with Crippen molar-refractivity contribution in [2.24, 2.45) is 0 Å². The van der Waals surface area contributed by atoms with E-state index in [2.05, 4.69) is 10.3 Å². The molecule has 0 fully saturated rings. The fourth-order valence-electron chi connectivity index (χ4n) is 2.57. The van der Waals surface area contributed by atoms with Gasteiger partial charge in [-0.1, -0.05) is 42.5 Å². The predicted octanol–water partition coefficient (Wildman–Crippen LogP) is 5.30. The van der Waals surface area contributed by atoms with Gasteiger partial charge in [-0.3, -0.25) is 9.78 Å². The van der Waals surface area contributed by atoms with Gasteiger partial charge in [0.25, 0.3) is 5.91 Å². The Morgan fingerprint density at radius 2 is 1.75 bits per heavy atom. The van der Waals surface area contributed by atoms with E-state index in [0.717, 1.165) is 6.42 Å². The van der Waals surface area contributed by atoms with Crippen LogP contribution in [0.15, 0.2) is 60.8 Å². The largest absolute Gasteiger partial charge is 0.386 e. The van der Waals surface area contributed by atoms with E-state index in [9.17, 15) is 22.4 Å². The molecule has 0 aliphatic carbocycles. The SMILES string of the molecule is CC(Cc1ccccc1)NC(=O)c1cnc2c(F)cccc2c1.CC(F)(F)F. The van der Waals surface area contributed by atoms with E-state index in [1.807, 2.05) is 37.3 Å². The monoisotopic (exact) mass is 392 g/mol. The molecule has 0 bridgehead atoms. The summed E-state index contributed by atoms with van der Waals surface area (Å²) in [5.41, 5.74) is 1.88. The first-order valence-electron chi connectivity index (χ1n) is 8.59. The fraction of sp³-hybridized carbons (Fsp3) is 0.238. The lowest BCUT2D eigenvalue weighted by Crippen LogP contribution is -2.34. The lowest BCUT2D eigenvalue weighted by molar-refractivity contribution is -0.110. The summed E-state index contributed by atoms with van der Waals surface area (Å²) in [4.78, 5) is 16.4. The van der Waals surface area contributed by atoms with Crippen molar-refractivity contribution in [2.45, 2.75) is 32.5 Å². The number of aromatic nitrogens is 1. The molecular weight excluding hydrogens is 372 g/mol. The smallest absolute Gasteiger partial charge is 0.349 e. The van der Waals surface area contributed by atoms with E-state index in [0.29, 0.717) is 10.9 Å². The molecule has 7 heteroatoms. The molecule has 0 spiro atoms. The molecule has 0 saturated carbocycles. The molecule has 2 aromatic carbocycles. The van der Waals surface area contributed by atoms with Gasteiger partial charge in [-0.05, 0) is 31.0 Å². The van der Waals surface area contributed by atoms with Gasteiger partial charge >= 0.3 is 6.18 Å². The van der Waals surface area contributed by atoms with Crippen molar-refractivity contribution in [1.29, 1.82) is 0 Å². The lowest BCUT2D eigenvalue weighted by atomic mass is 10.1. The second-order valence-electron chi connectivity index (χ2n) is 6.38. The van der Waals surface area contributed by atoms with Gasteiger partial charge in [-0.15, -0.1) is 0 Å². The number of fused-ring (bicyclic) bond motifs is 1. The molecular formula is C21H20F4N2O. The van der Waals surface area contributed by atoms with Crippen LogP contribution >= 0.6 is 0 Å². The number of hydrogen-bond donors (Lipinski definition) is 1. The van der Waals surface area contributed by atoms with Crippen LogP contribution in [-0.4, -0.2) is 23.1 Å². The minimum atomic E-state index is -4.00. The molecule has 3 aromatic rings. The van der Waals surface area contributed by atoms with Crippen LogP contribution in [0.1, 0.15) is 29.8 Å². The Morgan fingerprint density at radius 1 is 1.11 bits per heavy atom. The van der Waals surface area contributed by atoms with Crippen molar-refractivity contribution in [2.75, 3.05) is 0 Å². The van der Waals surface area contributed by atoms with Crippen LogP contribution in [0.25, 0.3) is 10.9 Å². The molecule has 0 saturated heterocycles. The Balaban J connectivity index is 0.000000500. The number of amides is 1. The molecule has 0 radical (unpaired) electrons. The van der Waals surface area contributed by atoms with Crippen molar-refractivity contribution in [3.05, 3.63) is 77.7 Å². The molecule has 0 aliphatic rings. The number of rotatable bonds is 4. The normalized spacial score (nSPS) is 12.1. The van der Waals surface area contributed by atoms with Crippen LogP contribution in [0.3, 0.4) is 0 Å². The predicted molar refractivity (Wildman–Crippen MR) is 101 cm³/mol. The first-order chi connectivity index (χ1) is 13.1. The average molecular weight is 392 g/mol. The molecule has 1 heterocycles. The van der Waals surface area contributed by atoms with Crippen LogP contribution in [0.2, 0.25) is 0 Å². The Labute approximate surface area is 160 Å². The van der Waals surface area contributed by atoms with Gasteiger partial charge in [-0.25, -0.2) is 4.39 Å². The Morgan fingerprint density at radius 3 is 2.39 bits per heavy atom. The molecule has 1 amide bonds. The highest BCUT2D eigenvalue weighted by Crippen LogP contribution is 2.16. The number of benzene rings is 2. The van der Waals surface area contributed by atoms with E-state index in [-0.39, 0.29) is 30.2 Å². The number of alkyl halides is 3. The first kappa shape index (κ1) is 21.3. The second kappa shape index (κ2) is 9.30. The van der Waals surface area contributed by atoms with Gasteiger partial charge in [-0.2, -0.15) is 13.2 Å². The topological polar surface area (TPSA) is 42.0 Å². The van der Waals surface area contributed by atoms with Gasteiger partial charge in [0.05, 0.1) is 5.56 Å². The summed E-state index contributed by atoms with van der Waals surface area (Å²) in [7, 11) is 0. The molecule has 3 nitrogen and oxygen atoms in total. The van der Waals surface area contributed by atoms with Crippen LogP contribution in [-0.2, 0) is 6.42 Å². The third-order valence-corrected chi connectivity index (χ3v) is 3.69. The van der Waals surface area contributed by atoms with Crippen molar-refractivity contribution in [1.82, 2.24) is 10.3 Å². The summed E-state index contributed by atoms with van der Waals surface area (Å²) in [5, 5.41) is 3.57. The quantitative estimate of drug-likeness (QED) is 0.612. The zero-order valence-corrected chi connectivity index (χ0v) is 15.4. The first-order valence-corrected chi connectivity index (χ1v) is 8.59. The number of nitrogens with one attached hydrogen (secondary N) is 1. The van der Waals surface area contributed by atoms with Crippen LogP contribution in [0.4, 0.5) is 17.6 Å². The Bertz CT molecular complexity index is 921. The third kappa shape index (κ3) is 6.98. The number of carbonyl (C=O) groups excluding carboxylic acids is 1. The van der Waals surface area contributed by atoms with Crippen LogP contribution < -0.4 is 5.32 Å². The fourth-order valence-corrected chi connectivity index (χ4v) is 2.57. The minimum Gasteiger partial charge on any atom is -0.349 e. The molecule has 0 aliphatic heterocycles.